The summed E-state index contributed by atoms with van der Waals surface area (Å²) >= 11 is 0. The van der Waals surface area contributed by atoms with Crippen LogP contribution in [-0.2, 0) is 11.3 Å². The lowest BCUT2D eigenvalue weighted by molar-refractivity contribution is -0.116. The Hall–Kier alpha value is -2.44. The lowest BCUT2D eigenvalue weighted by Gasteiger charge is -2.32. The Kier molecular flexibility index (Phi) is 8.65. The third-order valence-corrected chi connectivity index (χ3v) is 6.43. The van der Waals surface area contributed by atoms with E-state index in [9.17, 15) is 4.79 Å². The maximum absolute atomic E-state index is 12.4. The van der Waals surface area contributed by atoms with Crippen LogP contribution in [0.15, 0.2) is 30.3 Å². The average Bonchev–Trinajstić information content (AvgIpc) is 3.04. The van der Waals surface area contributed by atoms with Crippen molar-refractivity contribution in [1.82, 2.24) is 24.9 Å². The summed E-state index contributed by atoms with van der Waals surface area (Å²) in [7, 11) is 4.24. The van der Waals surface area contributed by atoms with Gasteiger partial charge in [0.25, 0.3) is 0 Å². The van der Waals surface area contributed by atoms with Gasteiger partial charge in [0.05, 0.1) is 12.2 Å². The van der Waals surface area contributed by atoms with Crippen molar-refractivity contribution in [2.24, 2.45) is 5.92 Å². The monoisotopic (exact) mass is 437 g/mol. The van der Waals surface area contributed by atoms with Gasteiger partial charge in [-0.15, -0.1) is 0 Å². The zero-order chi connectivity index (χ0) is 23.1. The van der Waals surface area contributed by atoms with Crippen LogP contribution < -0.4 is 5.32 Å². The fraction of sp³-hybridized carbons (Fsp3) is 0.538. The molecule has 3 rings (SSSR count). The van der Waals surface area contributed by atoms with E-state index in [1.165, 1.54) is 11.1 Å². The number of carbonyl (C=O) groups is 1. The largest absolute Gasteiger partial charge is 0.352 e. The Morgan fingerprint density at radius 3 is 2.50 bits per heavy atom. The summed E-state index contributed by atoms with van der Waals surface area (Å²) in [5.41, 5.74) is 5.54. The number of likely N-dealkylation sites (tertiary alicyclic amines) is 1. The molecule has 1 amide bonds. The summed E-state index contributed by atoms with van der Waals surface area (Å²) in [5.74, 6) is 0.550. The highest BCUT2D eigenvalue weighted by Gasteiger charge is 2.19. The minimum Gasteiger partial charge on any atom is -0.352 e. The summed E-state index contributed by atoms with van der Waals surface area (Å²) in [4.78, 5) is 17.2. The van der Waals surface area contributed by atoms with E-state index in [1.807, 2.05) is 17.7 Å². The van der Waals surface area contributed by atoms with Crippen LogP contribution in [0.1, 0.15) is 40.9 Å². The van der Waals surface area contributed by atoms with Crippen molar-refractivity contribution in [3.63, 3.8) is 0 Å². The Bertz CT molecular complexity index is 905. The first-order chi connectivity index (χ1) is 15.3. The minimum absolute atomic E-state index is 0.0230. The van der Waals surface area contributed by atoms with Crippen LogP contribution in [0.2, 0.25) is 0 Å². The fourth-order valence-electron chi connectivity index (χ4n) is 4.19. The number of hydrogen-bond donors (Lipinski definition) is 1. The molecule has 0 radical (unpaired) electrons. The molecule has 6 heteroatoms. The van der Waals surface area contributed by atoms with Crippen molar-refractivity contribution < 1.29 is 4.79 Å². The van der Waals surface area contributed by atoms with Gasteiger partial charge in [0, 0.05) is 37.0 Å². The quantitative estimate of drug-likeness (QED) is 0.612. The van der Waals surface area contributed by atoms with Gasteiger partial charge < -0.3 is 15.1 Å². The number of aromatic nitrogens is 2. The number of aryl methyl sites for hydroxylation is 2. The molecule has 1 saturated heterocycles. The Balaban J connectivity index is 1.47. The second kappa shape index (κ2) is 11.4. The van der Waals surface area contributed by atoms with Crippen molar-refractivity contribution in [2.45, 2.75) is 40.2 Å². The normalized spacial score (nSPS) is 15.7. The molecule has 1 fully saturated rings. The molecule has 1 N–H and O–H groups in total. The van der Waals surface area contributed by atoms with Crippen LogP contribution in [-0.4, -0.2) is 72.3 Å². The molecule has 174 valence electrons. The van der Waals surface area contributed by atoms with E-state index in [0.29, 0.717) is 5.92 Å². The summed E-state index contributed by atoms with van der Waals surface area (Å²) in [6, 6.07) is 8.53. The van der Waals surface area contributed by atoms with Crippen LogP contribution in [0.3, 0.4) is 0 Å². The minimum atomic E-state index is -0.0230. The Morgan fingerprint density at radius 1 is 1.16 bits per heavy atom. The molecule has 6 nitrogen and oxygen atoms in total. The molecule has 32 heavy (non-hydrogen) atoms. The lowest BCUT2D eigenvalue weighted by Crippen LogP contribution is -2.40. The molecule has 0 atom stereocenters. The molecule has 0 bridgehead atoms. The van der Waals surface area contributed by atoms with E-state index >= 15 is 0 Å². The molecule has 1 aliphatic rings. The molecular formula is C26H39N5O. The highest BCUT2D eigenvalue weighted by Crippen LogP contribution is 2.18. The molecule has 0 unspecified atom stereocenters. The first-order valence-corrected chi connectivity index (χ1v) is 11.7. The van der Waals surface area contributed by atoms with Crippen molar-refractivity contribution in [3.05, 3.63) is 58.4 Å². The van der Waals surface area contributed by atoms with Gasteiger partial charge in [-0.05, 0) is 78.4 Å². The van der Waals surface area contributed by atoms with Crippen LogP contribution >= 0.6 is 0 Å². The number of piperidine rings is 1. The molecule has 1 aliphatic heterocycles. The summed E-state index contributed by atoms with van der Waals surface area (Å²) in [6.07, 6.45) is 5.87. The number of nitrogens with zero attached hydrogens (tertiary/aromatic N) is 4. The second-order valence-corrected chi connectivity index (χ2v) is 9.39. The lowest BCUT2D eigenvalue weighted by atomic mass is 9.97. The number of amides is 1. The average molecular weight is 438 g/mol. The van der Waals surface area contributed by atoms with Crippen LogP contribution in [0.5, 0.6) is 0 Å². The van der Waals surface area contributed by atoms with Gasteiger partial charge >= 0.3 is 0 Å². The van der Waals surface area contributed by atoms with Crippen LogP contribution in [0, 0.1) is 26.7 Å². The number of carbonyl (C=O) groups excluding carboxylic acids is 1. The molecule has 2 heterocycles. The van der Waals surface area contributed by atoms with E-state index in [2.05, 4.69) is 72.4 Å². The maximum atomic E-state index is 12.4. The van der Waals surface area contributed by atoms with Crippen molar-refractivity contribution in [3.8, 4) is 0 Å². The predicted molar refractivity (Wildman–Crippen MR) is 132 cm³/mol. The van der Waals surface area contributed by atoms with Crippen LogP contribution in [0.4, 0.5) is 0 Å². The van der Waals surface area contributed by atoms with E-state index in [1.54, 1.807) is 6.08 Å². The summed E-state index contributed by atoms with van der Waals surface area (Å²) in [5, 5.41) is 7.78. The predicted octanol–water partition coefficient (Wildman–Crippen LogP) is 3.26. The zero-order valence-electron chi connectivity index (χ0n) is 20.4. The van der Waals surface area contributed by atoms with Gasteiger partial charge in [0.2, 0.25) is 5.91 Å². The van der Waals surface area contributed by atoms with E-state index < -0.39 is 0 Å². The molecule has 2 aromatic rings. The highest BCUT2D eigenvalue weighted by molar-refractivity contribution is 5.92. The van der Waals surface area contributed by atoms with E-state index in [-0.39, 0.29) is 5.91 Å². The third-order valence-electron chi connectivity index (χ3n) is 6.43. The van der Waals surface area contributed by atoms with E-state index in [4.69, 9.17) is 0 Å². The third kappa shape index (κ3) is 7.04. The van der Waals surface area contributed by atoms with Crippen molar-refractivity contribution in [1.29, 1.82) is 0 Å². The van der Waals surface area contributed by atoms with Crippen molar-refractivity contribution in [2.75, 3.05) is 46.8 Å². The van der Waals surface area contributed by atoms with Gasteiger partial charge in [0.1, 0.15) is 0 Å². The SMILES string of the molecule is Cc1ccc(Cn2nc(C)c(C=CC(=O)NCC3CCN(CCN(C)C)CC3)c2C)cc1. The number of hydrogen-bond acceptors (Lipinski definition) is 4. The standard InChI is InChI=1S/C26H39N5O/c1-20-6-8-24(9-7-20)19-31-22(3)25(21(2)28-31)10-11-26(32)27-18-23-12-14-30(15-13-23)17-16-29(4)5/h6-11,23H,12-19H2,1-5H3,(H,27,32). The smallest absolute Gasteiger partial charge is 0.244 e. The second-order valence-electron chi connectivity index (χ2n) is 9.39. The van der Waals surface area contributed by atoms with Gasteiger partial charge in [-0.2, -0.15) is 5.10 Å². The molecule has 1 aromatic heterocycles. The molecule has 0 saturated carbocycles. The van der Waals surface area contributed by atoms with Gasteiger partial charge in [-0.25, -0.2) is 0 Å². The fourth-order valence-corrected chi connectivity index (χ4v) is 4.19. The summed E-state index contributed by atoms with van der Waals surface area (Å²) < 4.78 is 2.02. The Morgan fingerprint density at radius 2 is 1.84 bits per heavy atom. The zero-order valence-corrected chi connectivity index (χ0v) is 20.4. The van der Waals surface area contributed by atoms with Gasteiger partial charge in [-0.3, -0.25) is 9.48 Å². The molecular weight excluding hydrogens is 398 g/mol. The Labute approximate surface area is 193 Å². The van der Waals surface area contributed by atoms with Gasteiger partial charge in [-0.1, -0.05) is 29.8 Å². The molecule has 0 aliphatic carbocycles. The number of rotatable bonds is 9. The highest BCUT2D eigenvalue weighted by atomic mass is 16.1. The molecule has 0 spiro atoms. The topological polar surface area (TPSA) is 53.4 Å². The maximum Gasteiger partial charge on any atom is 0.244 e. The number of benzene rings is 1. The first-order valence-electron chi connectivity index (χ1n) is 11.7. The molecule has 1 aromatic carbocycles. The van der Waals surface area contributed by atoms with Gasteiger partial charge in [0.15, 0.2) is 0 Å². The van der Waals surface area contributed by atoms with Crippen LogP contribution in [0.25, 0.3) is 6.08 Å². The summed E-state index contributed by atoms with van der Waals surface area (Å²) in [6.45, 7) is 12.1. The number of likely N-dealkylation sites (N-methyl/N-ethyl adjacent to an activating group) is 1. The first kappa shape index (κ1) is 24.2. The van der Waals surface area contributed by atoms with Crippen molar-refractivity contribution >= 4 is 12.0 Å². The number of nitrogens with one attached hydrogen (secondary N) is 1. The van der Waals surface area contributed by atoms with E-state index in [0.717, 1.165) is 69.1 Å².